The second-order valence-corrected chi connectivity index (χ2v) is 6.65. The monoisotopic (exact) mass is 375 g/mol. The molecule has 1 aliphatic rings. The number of nitrogens with one attached hydrogen (secondary N) is 2. The van der Waals surface area contributed by atoms with Gasteiger partial charge in [-0.15, -0.1) is 0 Å². The third-order valence-electron chi connectivity index (χ3n) is 4.60. The lowest BCUT2D eigenvalue weighted by atomic mass is 10.0. The highest BCUT2D eigenvalue weighted by Gasteiger charge is 2.20. The lowest BCUT2D eigenvalue weighted by Crippen LogP contribution is -2.48. The Morgan fingerprint density at radius 3 is 2.70 bits per heavy atom. The minimum Gasteiger partial charge on any atom is -0.338 e. The highest BCUT2D eigenvalue weighted by Crippen LogP contribution is 2.15. The summed E-state index contributed by atoms with van der Waals surface area (Å²) in [6, 6.07) is 3.93. The van der Waals surface area contributed by atoms with Gasteiger partial charge in [-0.25, -0.2) is 13.6 Å². The number of carbonyl (C=O) groups excluding carboxylic acids is 1. The fourth-order valence-corrected chi connectivity index (χ4v) is 3.13. The fourth-order valence-electron chi connectivity index (χ4n) is 3.13. The third kappa shape index (κ3) is 5.96. The number of hydrogen-bond donors (Lipinski definition) is 2. The number of rotatable bonds is 6. The number of urea groups is 1. The maximum atomic E-state index is 13.3. The van der Waals surface area contributed by atoms with Crippen LogP contribution in [0.4, 0.5) is 13.6 Å². The van der Waals surface area contributed by atoms with E-state index in [0.29, 0.717) is 19.5 Å². The smallest absolute Gasteiger partial charge is 0.315 e. The molecule has 0 radical (unpaired) electrons. The Hall–Kier alpha value is -2.61. The summed E-state index contributed by atoms with van der Waals surface area (Å²) in [4.78, 5) is 22.3. The van der Waals surface area contributed by atoms with E-state index in [1.165, 1.54) is 6.07 Å². The van der Waals surface area contributed by atoms with Crippen LogP contribution in [0.25, 0.3) is 0 Å². The van der Waals surface area contributed by atoms with Crippen LogP contribution < -0.4 is 10.6 Å². The Labute approximate surface area is 157 Å². The average Bonchev–Trinajstić information content (AvgIpc) is 2.67. The Morgan fingerprint density at radius 2 is 2.00 bits per heavy atom. The summed E-state index contributed by atoms with van der Waals surface area (Å²) in [7, 11) is 0. The van der Waals surface area contributed by atoms with E-state index in [-0.39, 0.29) is 12.1 Å². The van der Waals surface area contributed by atoms with Gasteiger partial charge < -0.3 is 10.6 Å². The molecule has 2 aromatic rings. The Bertz CT molecular complexity index is 751. The van der Waals surface area contributed by atoms with Crippen LogP contribution in [0.5, 0.6) is 0 Å². The van der Waals surface area contributed by atoms with Crippen LogP contribution in [0, 0.1) is 11.6 Å². The maximum absolute atomic E-state index is 13.3. The molecule has 0 saturated carbocycles. The van der Waals surface area contributed by atoms with Crippen molar-refractivity contribution in [1.29, 1.82) is 0 Å². The molecular weight excluding hydrogens is 352 g/mol. The lowest BCUT2D eigenvalue weighted by molar-refractivity contribution is 0.186. The van der Waals surface area contributed by atoms with E-state index in [9.17, 15) is 13.6 Å². The standard InChI is InChI=1S/C19H23F2N5O/c20-17-2-1-14(11-18(17)21)13-26-9-4-15(5-10-26)25-19(27)24-6-3-16-12-22-7-8-23-16/h1-2,7-8,11-12,15H,3-6,9-10,13H2,(H2,24,25,27). The van der Waals surface area contributed by atoms with Crippen molar-refractivity contribution in [1.82, 2.24) is 25.5 Å². The van der Waals surface area contributed by atoms with E-state index in [0.717, 1.165) is 43.3 Å². The molecular formula is C19H23F2N5O. The molecule has 0 unspecified atom stereocenters. The summed E-state index contributed by atoms with van der Waals surface area (Å²) in [5, 5.41) is 5.82. The Kier molecular flexibility index (Phi) is 6.64. The van der Waals surface area contributed by atoms with Crippen LogP contribution in [0.2, 0.25) is 0 Å². The van der Waals surface area contributed by atoms with Crippen LogP contribution in [0.3, 0.4) is 0 Å². The number of aromatic nitrogens is 2. The van der Waals surface area contributed by atoms with Crippen LogP contribution >= 0.6 is 0 Å². The van der Waals surface area contributed by atoms with Crippen molar-refractivity contribution in [2.75, 3.05) is 19.6 Å². The molecule has 1 fully saturated rings. The summed E-state index contributed by atoms with van der Waals surface area (Å²) in [5.74, 6) is -1.64. The van der Waals surface area contributed by atoms with Crippen LogP contribution in [0.15, 0.2) is 36.8 Å². The molecule has 1 saturated heterocycles. The molecule has 0 atom stereocenters. The number of amides is 2. The van der Waals surface area contributed by atoms with Gasteiger partial charge >= 0.3 is 6.03 Å². The predicted molar refractivity (Wildman–Crippen MR) is 96.9 cm³/mol. The highest BCUT2D eigenvalue weighted by atomic mass is 19.2. The molecule has 144 valence electrons. The molecule has 0 spiro atoms. The first-order chi connectivity index (χ1) is 13.1. The predicted octanol–water partition coefficient (Wildman–Crippen LogP) is 2.26. The maximum Gasteiger partial charge on any atom is 0.315 e. The van der Waals surface area contributed by atoms with E-state index < -0.39 is 11.6 Å². The molecule has 1 aliphatic heterocycles. The number of likely N-dealkylation sites (tertiary alicyclic amines) is 1. The molecule has 2 heterocycles. The number of benzene rings is 1. The van der Waals surface area contributed by atoms with Gasteiger partial charge in [0.15, 0.2) is 11.6 Å². The first-order valence-corrected chi connectivity index (χ1v) is 9.05. The first-order valence-electron chi connectivity index (χ1n) is 9.05. The molecule has 3 rings (SSSR count). The quantitative estimate of drug-likeness (QED) is 0.813. The average molecular weight is 375 g/mol. The summed E-state index contributed by atoms with van der Waals surface area (Å²) in [6.07, 6.45) is 7.20. The largest absolute Gasteiger partial charge is 0.338 e. The van der Waals surface area contributed by atoms with Crippen molar-refractivity contribution in [3.05, 3.63) is 59.7 Å². The fraction of sp³-hybridized carbons (Fsp3) is 0.421. The van der Waals surface area contributed by atoms with E-state index in [1.807, 2.05) is 0 Å². The lowest BCUT2D eigenvalue weighted by Gasteiger charge is -2.32. The molecule has 2 N–H and O–H groups in total. The first kappa shape index (κ1) is 19.2. The molecule has 2 amide bonds. The summed E-state index contributed by atoms with van der Waals surface area (Å²) in [6.45, 7) is 2.67. The molecule has 27 heavy (non-hydrogen) atoms. The third-order valence-corrected chi connectivity index (χ3v) is 4.60. The van der Waals surface area contributed by atoms with Crippen LogP contribution in [0.1, 0.15) is 24.1 Å². The second-order valence-electron chi connectivity index (χ2n) is 6.65. The topological polar surface area (TPSA) is 70.1 Å². The molecule has 6 nitrogen and oxygen atoms in total. The molecule has 0 aliphatic carbocycles. The van der Waals surface area contributed by atoms with Gasteiger partial charge in [0.2, 0.25) is 0 Å². The number of carbonyl (C=O) groups is 1. The number of halogens is 2. The zero-order chi connectivity index (χ0) is 19.1. The van der Waals surface area contributed by atoms with E-state index >= 15 is 0 Å². The van der Waals surface area contributed by atoms with E-state index in [1.54, 1.807) is 24.7 Å². The van der Waals surface area contributed by atoms with Crippen molar-refractivity contribution < 1.29 is 13.6 Å². The van der Waals surface area contributed by atoms with Gasteiger partial charge in [0.05, 0.1) is 5.69 Å². The second kappa shape index (κ2) is 9.36. The van der Waals surface area contributed by atoms with Gasteiger partial charge in [-0.3, -0.25) is 14.9 Å². The number of hydrogen-bond acceptors (Lipinski definition) is 4. The van der Waals surface area contributed by atoms with Crippen LogP contribution in [-0.4, -0.2) is 46.6 Å². The SMILES string of the molecule is O=C(NCCc1cnccn1)NC1CCN(Cc2ccc(F)c(F)c2)CC1. The summed E-state index contributed by atoms with van der Waals surface area (Å²) < 4.78 is 26.3. The normalized spacial score (nSPS) is 15.5. The van der Waals surface area contributed by atoms with Gasteiger partial charge in [0, 0.05) is 57.2 Å². The summed E-state index contributed by atoms with van der Waals surface area (Å²) in [5.41, 5.74) is 1.59. The molecule has 1 aromatic heterocycles. The van der Waals surface area contributed by atoms with E-state index in [4.69, 9.17) is 0 Å². The Morgan fingerprint density at radius 1 is 1.19 bits per heavy atom. The van der Waals surface area contributed by atoms with Crippen molar-refractivity contribution in [3.63, 3.8) is 0 Å². The van der Waals surface area contributed by atoms with Gasteiger partial charge in [0.25, 0.3) is 0 Å². The van der Waals surface area contributed by atoms with Gasteiger partial charge in [-0.1, -0.05) is 6.07 Å². The zero-order valence-corrected chi connectivity index (χ0v) is 15.0. The minimum atomic E-state index is -0.827. The van der Waals surface area contributed by atoms with Crippen molar-refractivity contribution >= 4 is 6.03 Å². The number of nitrogens with zero attached hydrogens (tertiary/aromatic N) is 3. The van der Waals surface area contributed by atoms with Gasteiger partial charge in [0.1, 0.15) is 0 Å². The van der Waals surface area contributed by atoms with Crippen LogP contribution in [-0.2, 0) is 13.0 Å². The summed E-state index contributed by atoms with van der Waals surface area (Å²) >= 11 is 0. The van der Waals surface area contributed by atoms with E-state index in [2.05, 4.69) is 25.5 Å². The Balaban J connectivity index is 1.35. The highest BCUT2D eigenvalue weighted by molar-refractivity contribution is 5.74. The van der Waals surface area contributed by atoms with Crippen molar-refractivity contribution in [3.8, 4) is 0 Å². The molecule has 8 heteroatoms. The number of piperidine rings is 1. The minimum absolute atomic E-state index is 0.114. The van der Waals surface area contributed by atoms with Gasteiger partial charge in [-0.2, -0.15) is 0 Å². The zero-order valence-electron chi connectivity index (χ0n) is 15.0. The van der Waals surface area contributed by atoms with Crippen molar-refractivity contribution in [2.24, 2.45) is 0 Å². The van der Waals surface area contributed by atoms with Gasteiger partial charge in [-0.05, 0) is 30.5 Å². The molecule has 1 aromatic carbocycles. The molecule has 0 bridgehead atoms. The van der Waals surface area contributed by atoms with Crippen molar-refractivity contribution in [2.45, 2.75) is 31.8 Å².